The molecule has 1 aromatic carbocycles. The number of benzene rings is 1. The van der Waals surface area contributed by atoms with Crippen LogP contribution in [-0.4, -0.2) is 42.5 Å². The summed E-state index contributed by atoms with van der Waals surface area (Å²) in [5, 5.41) is 13.0. The van der Waals surface area contributed by atoms with E-state index < -0.39 is 12.5 Å². The van der Waals surface area contributed by atoms with Crippen LogP contribution in [0.3, 0.4) is 0 Å². The molecular weight excluding hydrogens is 334 g/mol. The van der Waals surface area contributed by atoms with E-state index in [0.29, 0.717) is 4.91 Å². The van der Waals surface area contributed by atoms with E-state index in [0.717, 1.165) is 27.9 Å². The Morgan fingerprint density at radius 2 is 2.22 bits per heavy atom. The summed E-state index contributed by atoms with van der Waals surface area (Å²) in [5.74, 6) is -1.48. The number of carbonyl (C=O) groups excluding carboxylic acids is 1. The maximum Gasteiger partial charge on any atom is 0.323 e. The zero-order valence-electron chi connectivity index (χ0n) is 11.7. The molecule has 1 fully saturated rings. The van der Waals surface area contributed by atoms with Gasteiger partial charge in [0.05, 0.1) is 10.6 Å². The van der Waals surface area contributed by atoms with Crippen molar-refractivity contribution >= 4 is 46.3 Å². The number of thiocarbonyl (C=S) groups is 1. The molecule has 2 heterocycles. The second-order valence-electron chi connectivity index (χ2n) is 4.71. The summed E-state index contributed by atoms with van der Waals surface area (Å²) in [6.45, 7) is -0.421. The summed E-state index contributed by atoms with van der Waals surface area (Å²) in [5.41, 5.74) is 1.68. The lowest BCUT2D eigenvalue weighted by atomic mass is 10.2. The van der Waals surface area contributed by atoms with Crippen LogP contribution in [0.5, 0.6) is 0 Å². The molecule has 1 aliphatic heterocycles. The first-order chi connectivity index (χ1) is 11.0. The van der Waals surface area contributed by atoms with Gasteiger partial charge in [0.25, 0.3) is 5.91 Å². The van der Waals surface area contributed by atoms with Crippen molar-refractivity contribution in [2.24, 2.45) is 0 Å². The van der Waals surface area contributed by atoms with E-state index in [9.17, 15) is 9.59 Å². The van der Waals surface area contributed by atoms with Crippen molar-refractivity contribution < 1.29 is 14.7 Å². The number of rotatable bonds is 4. The Bertz CT molecular complexity index is 815. The van der Waals surface area contributed by atoms with Gasteiger partial charge in [-0.3, -0.25) is 14.5 Å². The molecule has 23 heavy (non-hydrogen) atoms. The number of amides is 1. The minimum Gasteiger partial charge on any atom is -0.480 e. The van der Waals surface area contributed by atoms with Crippen molar-refractivity contribution in [2.75, 3.05) is 6.54 Å². The zero-order chi connectivity index (χ0) is 16.4. The van der Waals surface area contributed by atoms with Gasteiger partial charge >= 0.3 is 5.97 Å². The van der Waals surface area contributed by atoms with E-state index in [1.807, 2.05) is 36.5 Å². The van der Waals surface area contributed by atoms with Gasteiger partial charge in [0.2, 0.25) is 0 Å². The highest BCUT2D eigenvalue weighted by Crippen LogP contribution is 2.32. The van der Waals surface area contributed by atoms with Gasteiger partial charge in [-0.05, 0) is 29.8 Å². The number of carboxylic acid groups (broad SMARTS) is 1. The van der Waals surface area contributed by atoms with Gasteiger partial charge in [-0.25, -0.2) is 4.68 Å². The fraction of sp³-hybridized carbons (Fsp3) is 0.0667. The lowest BCUT2D eigenvalue weighted by Crippen LogP contribution is -2.33. The first-order valence-corrected chi connectivity index (χ1v) is 7.84. The molecule has 0 radical (unpaired) electrons. The summed E-state index contributed by atoms with van der Waals surface area (Å²) in [7, 11) is 0. The number of nitrogens with zero attached hydrogens (tertiary/aromatic N) is 3. The minimum atomic E-state index is -1.09. The first-order valence-electron chi connectivity index (χ1n) is 6.62. The molecule has 1 N–H and O–H groups in total. The Kier molecular flexibility index (Phi) is 4.26. The Balaban J connectivity index is 1.88. The van der Waals surface area contributed by atoms with Crippen LogP contribution in [-0.2, 0) is 9.59 Å². The number of aromatic nitrogens is 2. The number of aliphatic carboxylic acids is 1. The third-order valence-corrected chi connectivity index (χ3v) is 4.48. The molecule has 1 saturated heterocycles. The zero-order valence-corrected chi connectivity index (χ0v) is 13.4. The molecule has 0 unspecified atom stereocenters. The summed E-state index contributed by atoms with van der Waals surface area (Å²) in [6, 6.07) is 9.33. The highest BCUT2D eigenvalue weighted by Gasteiger charge is 2.33. The number of hydrogen-bond donors (Lipinski definition) is 1. The maximum absolute atomic E-state index is 12.2. The number of hydrogen-bond acceptors (Lipinski definition) is 5. The van der Waals surface area contributed by atoms with Crippen molar-refractivity contribution in [3.63, 3.8) is 0 Å². The molecule has 0 spiro atoms. The Hall–Kier alpha value is -2.45. The largest absolute Gasteiger partial charge is 0.480 e. The van der Waals surface area contributed by atoms with Crippen LogP contribution in [0.1, 0.15) is 5.56 Å². The maximum atomic E-state index is 12.2. The van der Waals surface area contributed by atoms with Crippen molar-refractivity contribution in [1.29, 1.82) is 0 Å². The van der Waals surface area contributed by atoms with E-state index in [1.165, 1.54) is 0 Å². The van der Waals surface area contributed by atoms with Gasteiger partial charge in [0.1, 0.15) is 10.9 Å². The van der Waals surface area contributed by atoms with Crippen molar-refractivity contribution in [1.82, 2.24) is 14.7 Å². The molecular formula is C15H11N3O3S2. The van der Waals surface area contributed by atoms with Crippen LogP contribution in [0.15, 0.2) is 47.6 Å². The second-order valence-corrected chi connectivity index (χ2v) is 6.38. The highest BCUT2D eigenvalue weighted by atomic mass is 32.2. The molecule has 0 aliphatic carbocycles. The number of carbonyl (C=O) groups is 2. The third-order valence-electron chi connectivity index (χ3n) is 3.10. The molecule has 1 aliphatic rings. The average molecular weight is 345 g/mol. The predicted octanol–water partition coefficient (Wildman–Crippen LogP) is 2.16. The van der Waals surface area contributed by atoms with Crippen LogP contribution in [0.2, 0.25) is 0 Å². The van der Waals surface area contributed by atoms with E-state index in [-0.39, 0.29) is 10.2 Å². The SMILES string of the molecule is O=C(O)CN1C(=O)/C(=C/c2cccc(-n3cccn3)c2)SC1=S. The molecule has 6 nitrogen and oxygen atoms in total. The van der Waals surface area contributed by atoms with Crippen molar-refractivity contribution in [3.05, 3.63) is 53.2 Å². The molecule has 3 rings (SSSR count). The monoisotopic (exact) mass is 345 g/mol. The standard InChI is InChI=1S/C15H11N3O3S2/c19-13(20)9-17-14(21)12(23-15(17)22)8-10-3-1-4-11(7-10)18-6-2-5-16-18/h1-8H,9H2,(H,19,20)/b12-8-. The number of carboxylic acids is 1. The second kappa shape index (κ2) is 6.35. The molecule has 8 heteroatoms. The predicted molar refractivity (Wildman–Crippen MR) is 91.1 cm³/mol. The van der Waals surface area contributed by atoms with Gasteiger partial charge in [-0.1, -0.05) is 36.1 Å². The van der Waals surface area contributed by atoms with E-state index in [4.69, 9.17) is 17.3 Å². The number of thioether (sulfide) groups is 1. The summed E-state index contributed by atoms with van der Waals surface area (Å²) in [4.78, 5) is 24.5. The van der Waals surface area contributed by atoms with Crippen LogP contribution in [0, 0.1) is 0 Å². The molecule has 0 atom stereocenters. The minimum absolute atomic E-state index is 0.256. The highest BCUT2D eigenvalue weighted by molar-refractivity contribution is 8.26. The average Bonchev–Trinajstić information content (AvgIpc) is 3.13. The van der Waals surface area contributed by atoms with E-state index >= 15 is 0 Å². The fourth-order valence-corrected chi connectivity index (χ4v) is 3.36. The normalized spacial score (nSPS) is 16.3. The topological polar surface area (TPSA) is 75.4 Å². The molecule has 0 saturated carbocycles. The van der Waals surface area contributed by atoms with Gasteiger partial charge in [0.15, 0.2) is 0 Å². The van der Waals surface area contributed by atoms with E-state index in [1.54, 1.807) is 17.0 Å². The molecule has 1 aromatic heterocycles. The summed E-state index contributed by atoms with van der Waals surface area (Å²) < 4.78 is 1.97. The molecule has 116 valence electrons. The van der Waals surface area contributed by atoms with Gasteiger partial charge in [0, 0.05) is 12.4 Å². The van der Waals surface area contributed by atoms with Crippen LogP contribution >= 0.6 is 24.0 Å². The summed E-state index contributed by atoms with van der Waals surface area (Å²) >= 11 is 6.17. The fourth-order valence-electron chi connectivity index (χ4n) is 2.10. The van der Waals surface area contributed by atoms with Crippen molar-refractivity contribution in [3.8, 4) is 5.69 Å². The molecule has 1 amide bonds. The van der Waals surface area contributed by atoms with Crippen molar-refractivity contribution in [2.45, 2.75) is 0 Å². The lowest BCUT2D eigenvalue weighted by molar-refractivity contribution is -0.140. The van der Waals surface area contributed by atoms with Crippen LogP contribution in [0.4, 0.5) is 0 Å². The van der Waals surface area contributed by atoms with Gasteiger partial charge in [-0.2, -0.15) is 5.10 Å². The third kappa shape index (κ3) is 3.33. The lowest BCUT2D eigenvalue weighted by Gasteiger charge is -2.10. The Morgan fingerprint density at radius 3 is 2.91 bits per heavy atom. The Labute approximate surface area is 141 Å². The Morgan fingerprint density at radius 1 is 1.39 bits per heavy atom. The molecule has 0 bridgehead atoms. The van der Waals surface area contributed by atoms with E-state index in [2.05, 4.69) is 5.10 Å². The van der Waals surface area contributed by atoms with Crippen LogP contribution < -0.4 is 0 Å². The first kappa shape index (κ1) is 15.4. The van der Waals surface area contributed by atoms with Gasteiger partial charge in [-0.15, -0.1) is 0 Å². The smallest absolute Gasteiger partial charge is 0.323 e. The van der Waals surface area contributed by atoms with Crippen LogP contribution in [0.25, 0.3) is 11.8 Å². The quantitative estimate of drug-likeness (QED) is 0.676. The van der Waals surface area contributed by atoms with Gasteiger partial charge < -0.3 is 5.11 Å². The summed E-state index contributed by atoms with van der Waals surface area (Å²) in [6.07, 6.45) is 5.21. The molecule has 2 aromatic rings.